The number of nitrogens with two attached hydrogens (primary N) is 1. The van der Waals surface area contributed by atoms with Crippen LogP contribution in [0.3, 0.4) is 0 Å². The Kier molecular flexibility index (Phi) is 5.37. The van der Waals surface area contributed by atoms with Crippen molar-refractivity contribution in [2.24, 2.45) is 11.1 Å². The molecule has 0 fully saturated rings. The number of esters is 1. The van der Waals surface area contributed by atoms with Crippen LogP contribution in [0.15, 0.2) is 53.1 Å². The van der Waals surface area contributed by atoms with E-state index in [0.29, 0.717) is 24.2 Å². The van der Waals surface area contributed by atoms with E-state index in [1.54, 1.807) is 0 Å². The number of benzene rings is 1. The number of hydrogen-bond acceptors (Lipinski definition) is 6. The molecule has 2 aliphatic rings. The zero-order valence-corrected chi connectivity index (χ0v) is 15.9. The summed E-state index contributed by atoms with van der Waals surface area (Å²) in [5.74, 6) is -0.660. The fourth-order valence-electron chi connectivity index (χ4n) is 3.66. The average molecular weight is 371 g/mol. The standard InChI is InChI=1S/C21H25NO5/c1-21(2)11-14(23)17-15(12-21)27-19(22)18(20(24)26-10-9-25-3)16(17)13-7-5-4-6-8-13/h4-8,16H,9-12,22H2,1-3H3/t16-/m0/s1. The van der Waals surface area contributed by atoms with Gasteiger partial charge in [-0.1, -0.05) is 44.2 Å². The van der Waals surface area contributed by atoms with Crippen LogP contribution in [-0.4, -0.2) is 32.1 Å². The first-order chi connectivity index (χ1) is 12.8. The van der Waals surface area contributed by atoms with Gasteiger partial charge in [-0.25, -0.2) is 4.79 Å². The Morgan fingerprint density at radius 2 is 1.93 bits per heavy atom. The topological polar surface area (TPSA) is 87.8 Å². The van der Waals surface area contributed by atoms with Gasteiger partial charge in [0, 0.05) is 25.5 Å². The first-order valence-electron chi connectivity index (χ1n) is 8.99. The number of Topliss-reactive ketones (excluding diaryl/α,β-unsaturated/α-hetero) is 1. The molecule has 0 spiro atoms. The molecule has 1 aliphatic carbocycles. The van der Waals surface area contributed by atoms with Gasteiger partial charge < -0.3 is 19.9 Å². The minimum atomic E-state index is -0.595. The maximum absolute atomic E-state index is 13.0. The number of methoxy groups -OCH3 is 1. The highest BCUT2D eigenvalue weighted by molar-refractivity contribution is 6.03. The Morgan fingerprint density at radius 3 is 2.59 bits per heavy atom. The number of ether oxygens (including phenoxy) is 3. The van der Waals surface area contributed by atoms with Crippen molar-refractivity contribution >= 4 is 11.8 Å². The molecule has 1 heterocycles. The SMILES string of the molecule is COCCOC(=O)C1=C(N)OC2=C(C(=O)CC(C)(C)C2)[C@@H]1c1ccccc1. The summed E-state index contributed by atoms with van der Waals surface area (Å²) in [7, 11) is 1.53. The van der Waals surface area contributed by atoms with Gasteiger partial charge in [0.1, 0.15) is 17.9 Å². The summed E-state index contributed by atoms with van der Waals surface area (Å²) in [6, 6.07) is 9.37. The van der Waals surface area contributed by atoms with E-state index in [1.807, 2.05) is 44.2 Å². The summed E-state index contributed by atoms with van der Waals surface area (Å²) < 4.78 is 16.0. The van der Waals surface area contributed by atoms with E-state index in [9.17, 15) is 9.59 Å². The lowest BCUT2D eigenvalue weighted by Crippen LogP contribution is -2.35. The second-order valence-electron chi connectivity index (χ2n) is 7.63. The highest BCUT2D eigenvalue weighted by Gasteiger charge is 2.44. The fraction of sp³-hybridized carbons (Fsp3) is 0.429. The van der Waals surface area contributed by atoms with E-state index >= 15 is 0 Å². The molecule has 0 aromatic heterocycles. The Bertz CT molecular complexity index is 807. The van der Waals surface area contributed by atoms with Crippen molar-refractivity contribution in [3.05, 3.63) is 58.7 Å². The molecule has 0 radical (unpaired) electrons. The third-order valence-electron chi connectivity index (χ3n) is 4.83. The molecule has 1 aromatic carbocycles. The van der Waals surface area contributed by atoms with Gasteiger partial charge in [-0.3, -0.25) is 4.79 Å². The van der Waals surface area contributed by atoms with Crippen molar-refractivity contribution in [1.29, 1.82) is 0 Å². The van der Waals surface area contributed by atoms with Gasteiger partial charge in [0.05, 0.1) is 12.5 Å². The number of rotatable bonds is 5. The van der Waals surface area contributed by atoms with E-state index in [1.165, 1.54) is 7.11 Å². The predicted molar refractivity (Wildman–Crippen MR) is 99.4 cm³/mol. The first kappa shape index (κ1) is 19.2. The highest BCUT2D eigenvalue weighted by Crippen LogP contribution is 2.48. The minimum absolute atomic E-state index is 0.00415. The van der Waals surface area contributed by atoms with Crippen LogP contribution in [0.5, 0.6) is 0 Å². The van der Waals surface area contributed by atoms with Crippen LogP contribution in [0.25, 0.3) is 0 Å². The van der Waals surface area contributed by atoms with E-state index in [-0.39, 0.29) is 35.9 Å². The molecular formula is C21H25NO5. The Morgan fingerprint density at radius 1 is 1.22 bits per heavy atom. The molecule has 0 amide bonds. The number of allylic oxidation sites excluding steroid dienone is 2. The van der Waals surface area contributed by atoms with E-state index < -0.39 is 11.9 Å². The summed E-state index contributed by atoms with van der Waals surface area (Å²) in [6.07, 6.45) is 0.981. The van der Waals surface area contributed by atoms with Crippen molar-refractivity contribution in [3.63, 3.8) is 0 Å². The van der Waals surface area contributed by atoms with Crippen molar-refractivity contribution in [3.8, 4) is 0 Å². The largest absolute Gasteiger partial charge is 0.460 e. The molecule has 0 saturated heterocycles. The summed E-state index contributed by atoms with van der Waals surface area (Å²) in [4.78, 5) is 25.7. The molecule has 0 saturated carbocycles. The first-order valence-corrected chi connectivity index (χ1v) is 8.99. The van der Waals surface area contributed by atoms with E-state index in [4.69, 9.17) is 19.9 Å². The van der Waals surface area contributed by atoms with Gasteiger partial charge in [-0.15, -0.1) is 0 Å². The highest BCUT2D eigenvalue weighted by atomic mass is 16.6. The molecule has 3 rings (SSSR count). The zero-order valence-electron chi connectivity index (χ0n) is 15.9. The molecule has 1 aromatic rings. The molecule has 1 aliphatic heterocycles. The van der Waals surface area contributed by atoms with Crippen molar-refractivity contribution in [2.75, 3.05) is 20.3 Å². The monoisotopic (exact) mass is 371 g/mol. The van der Waals surface area contributed by atoms with Crippen LogP contribution in [-0.2, 0) is 23.8 Å². The molecule has 0 bridgehead atoms. The quantitative estimate of drug-likeness (QED) is 0.632. The smallest absolute Gasteiger partial charge is 0.340 e. The van der Waals surface area contributed by atoms with Crippen molar-refractivity contribution in [1.82, 2.24) is 0 Å². The van der Waals surface area contributed by atoms with Gasteiger partial charge >= 0.3 is 5.97 Å². The van der Waals surface area contributed by atoms with Crippen LogP contribution in [0.1, 0.15) is 38.2 Å². The second-order valence-corrected chi connectivity index (χ2v) is 7.63. The maximum atomic E-state index is 13.0. The van der Waals surface area contributed by atoms with Gasteiger partial charge in [-0.05, 0) is 11.0 Å². The second kappa shape index (κ2) is 7.56. The summed E-state index contributed by atoms with van der Waals surface area (Å²) in [6.45, 7) is 4.41. The van der Waals surface area contributed by atoms with Gasteiger partial charge in [0.15, 0.2) is 5.78 Å². The van der Waals surface area contributed by atoms with Crippen LogP contribution in [0.4, 0.5) is 0 Å². The molecular weight excluding hydrogens is 346 g/mol. The normalized spacial score (nSPS) is 21.6. The summed E-state index contributed by atoms with van der Waals surface area (Å²) in [5.41, 5.74) is 7.40. The van der Waals surface area contributed by atoms with E-state index in [2.05, 4.69) is 0 Å². The third kappa shape index (κ3) is 3.90. The van der Waals surface area contributed by atoms with Gasteiger partial charge in [-0.2, -0.15) is 0 Å². The molecule has 6 heteroatoms. The average Bonchev–Trinajstić information content (AvgIpc) is 2.60. The lowest BCUT2D eigenvalue weighted by atomic mass is 9.70. The number of ketones is 1. The Hall–Kier alpha value is -2.60. The molecule has 0 unspecified atom stereocenters. The molecule has 1 atom stereocenters. The zero-order chi connectivity index (χ0) is 19.6. The molecule has 27 heavy (non-hydrogen) atoms. The number of carbonyl (C=O) groups excluding carboxylic acids is 2. The molecule has 6 nitrogen and oxygen atoms in total. The Labute approximate surface area is 159 Å². The minimum Gasteiger partial charge on any atom is -0.460 e. The van der Waals surface area contributed by atoms with Crippen molar-refractivity contribution < 1.29 is 23.8 Å². The van der Waals surface area contributed by atoms with Crippen molar-refractivity contribution in [2.45, 2.75) is 32.6 Å². The van der Waals surface area contributed by atoms with Gasteiger partial charge in [0.2, 0.25) is 5.88 Å². The predicted octanol–water partition coefficient (Wildman–Crippen LogP) is 2.80. The van der Waals surface area contributed by atoms with Gasteiger partial charge in [0.25, 0.3) is 0 Å². The fourth-order valence-corrected chi connectivity index (χ4v) is 3.66. The summed E-state index contributed by atoms with van der Waals surface area (Å²) >= 11 is 0. The van der Waals surface area contributed by atoms with Crippen LogP contribution >= 0.6 is 0 Å². The number of hydrogen-bond donors (Lipinski definition) is 1. The molecule has 144 valence electrons. The molecule has 2 N–H and O–H groups in total. The van der Waals surface area contributed by atoms with E-state index in [0.717, 1.165) is 5.56 Å². The number of carbonyl (C=O) groups is 2. The summed E-state index contributed by atoms with van der Waals surface area (Å²) in [5, 5.41) is 0. The lowest BCUT2D eigenvalue weighted by Gasteiger charge is -2.37. The third-order valence-corrected chi connectivity index (χ3v) is 4.83. The lowest BCUT2D eigenvalue weighted by molar-refractivity contribution is -0.140. The van der Waals surface area contributed by atoms with Crippen LogP contribution in [0, 0.1) is 5.41 Å². The maximum Gasteiger partial charge on any atom is 0.340 e. The Balaban J connectivity index is 2.06. The van der Waals surface area contributed by atoms with Crippen LogP contribution in [0.2, 0.25) is 0 Å². The van der Waals surface area contributed by atoms with Crippen LogP contribution < -0.4 is 5.73 Å².